The van der Waals surface area contributed by atoms with E-state index in [9.17, 15) is 4.79 Å². The number of aromatic nitrogens is 4. The number of fused-ring (bicyclic) bond motifs is 1. The number of piperazine rings is 1. The van der Waals surface area contributed by atoms with E-state index in [1.165, 1.54) is 5.69 Å². The Hall–Kier alpha value is -4.28. The van der Waals surface area contributed by atoms with E-state index in [2.05, 4.69) is 54.8 Å². The van der Waals surface area contributed by atoms with E-state index in [4.69, 9.17) is 4.98 Å². The van der Waals surface area contributed by atoms with Crippen LogP contribution < -0.4 is 15.5 Å². The summed E-state index contributed by atoms with van der Waals surface area (Å²) < 4.78 is 0. The largest absolute Gasteiger partial charge is 0.369 e. The van der Waals surface area contributed by atoms with Crippen molar-refractivity contribution in [2.24, 2.45) is 0 Å². The predicted octanol–water partition coefficient (Wildman–Crippen LogP) is 3.57. The van der Waals surface area contributed by atoms with Crippen LogP contribution >= 0.6 is 0 Å². The normalized spacial score (nSPS) is 14.5. The minimum atomic E-state index is -0.178. The minimum absolute atomic E-state index is 0.178. The molecule has 1 saturated heterocycles. The van der Waals surface area contributed by atoms with Gasteiger partial charge in [-0.3, -0.25) is 9.89 Å². The summed E-state index contributed by atoms with van der Waals surface area (Å²) in [4.78, 5) is 28.6. The smallest absolute Gasteiger partial charge is 0.248 e. The molecule has 3 heterocycles. The second kappa shape index (κ2) is 11.4. The number of hydrogen-bond donors (Lipinski definition) is 3. The fourth-order valence-electron chi connectivity index (χ4n) is 4.38. The van der Waals surface area contributed by atoms with Gasteiger partial charge in [0.25, 0.3) is 0 Å². The number of carbonyl (C=O) groups is 1. The van der Waals surface area contributed by atoms with Crippen LogP contribution in [0.25, 0.3) is 22.3 Å². The van der Waals surface area contributed by atoms with Crippen molar-refractivity contribution >= 4 is 40.0 Å². The molecular weight excluding hydrogens is 478 g/mol. The number of rotatable bonds is 8. The van der Waals surface area contributed by atoms with Crippen LogP contribution in [0.2, 0.25) is 0 Å². The molecule has 4 aromatic rings. The minimum Gasteiger partial charge on any atom is -0.369 e. The maximum absolute atomic E-state index is 12.4. The van der Waals surface area contributed by atoms with E-state index in [1.54, 1.807) is 12.3 Å². The van der Waals surface area contributed by atoms with Gasteiger partial charge in [0.1, 0.15) is 0 Å². The Bertz CT molecular complexity index is 1440. The zero-order valence-corrected chi connectivity index (χ0v) is 22.0. The molecule has 2 aromatic carbocycles. The van der Waals surface area contributed by atoms with Crippen molar-refractivity contribution in [3.05, 3.63) is 66.9 Å². The Kier molecular flexibility index (Phi) is 7.62. The Morgan fingerprint density at radius 2 is 1.84 bits per heavy atom. The van der Waals surface area contributed by atoms with Crippen molar-refractivity contribution in [2.45, 2.75) is 0 Å². The average molecular weight is 512 g/mol. The van der Waals surface area contributed by atoms with Gasteiger partial charge in [-0.05, 0) is 51.5 Å². The monoisotopic (exact) mass is 511 g/mol. The molecule has 10 nitrogen and oxygen atoms in total. The summed E-state index contributed by atoms with van der Waals surface area (Å²) in [5, 5.41) is 14.3. The van der Waals surface area contributed by atoms with E-state index in [0.717, 1.165) is 48.5 Å². The van der Waals surface area contributed by atoms with Crippen molar-refractivity contribution in [1.29, 1.82) is 0 Å². The molecule has 0 unspecified atom stereocenters. The molecule has 38 heavy (non-hydrogen) atoms. The third kappa shape index (κ3) is 6.16. The standard InChI is InChI=1S/C28H33N9O/c1-35(2)12-6-11-25(38)30-21-8-4-7-20(17-21)26-24-19-29-34-27(24)33-28(32-26)31-22-9-5-10-23(18-22)37-15-13-36(3)14-16-37/h4-11,17-19H,12-16H2,1-3H3,(H,30,38)(H2,29,31,32,33,34)/b11-6+. The van der Waals surface area contributed by atoms with Gasteiger partial charge in [-0.2, -0.15) is 10.1 Å². The summed E-state index contributed by atoms with van der Waals surface area (Å²) in [7, 11) is 6.07. The number of H-pyrrole nitrogens is 1. The molecule has 10 heteroatoms. The highest BCUT2D eigenvalue weighted by atomic mass is 16.1. The van der Waals surface area contributed by atoms with Crippen molar-refractivity contribution < 1.29 is 4.79 Å². The summed E-state index contributed by atoms with van der Waals surface area (Å²) in [5.74, 6) is 0.288. The quantitative estimate of drug-likeness (QED) is 0.309. The number of nitrogens with zero attached hydrogens (tertiary/aromatic N) is 6. The van der Waals surface area contributed by atoms with E-state index >= 15 is 0 Å². The molecule has 1 fully saturated rings. The van der Waals surface area contributed by atoms with Crippen molar-refractivity contribution in [2.75, 3.05) is 69.4 Å². The molecule has 0 bridgehead atoms. The number of aromatic amines is 1. The molecule has 0 radical (unpaired) electrons. The molecule has 0 aliphatic carbocycles. The first-order valence-electron chi connectivity index (χ1n) is 12.7. The van der Waals surface area contributed by atoms with Gasteiger partial charge in [-0.1, -0.05) is 24.3 Å². The lowest BCUT2D eigenvalue weighted by Crippen LogP contribution is -2.44. The van der Waals surface area contributed by atoms with Crippen LogP contribution in [0, 0.1) is 0 Å². The number of anilines is 4. The summed E-state index contributed by atoms with van der Waals surface area (Å²) in [5.41, 5.74) is 4.98. The molecule has 5 rings (SSSR count). The molecule has 196 valence electrons. The van der Waals surface area contributed by atoms with Gasteiger partial charge in [-0.15, -0.1) is 0 Å². The summed E-state index contributed by atoms with van der Waals surface area (Å²) in [6, 6.07) is 16.0. The van der Waals surface area contributed by atoms with Crippen LogP contribution in [0.4, 0.5) is 23.0 Å². The van der Waals surface area contributed by atoms with Crippen LogP contribution in [-0.2, 0) is 4.79 Å². The maximum Gasteiger partial charge on any atom is 0.248 e. The van der Waals surface area contributed by atoms with Gasteiger partial charge in [0.2, 0.25) is 11.9 Å². The van der Waals surface area contributed by atoms with Gasteiger partial charge in [-0.25, -0.2) is 4.98 Å². The highest BCUT2D eigenvalue weighted by Crippen LogP contribution is 2.29. The Morgan fingerprint density at radius 3 is 2.66 bits per heavy atom. The second-order valence-corrected chi connectivity index (χ2v) is 9.73. The lowest BCUT2D eigenvalue weighted by molar-refractivity contribution is -0.111. The number of nitrogens with one attached hydrogen (secondary N) is 3. The van der Waals surface area contributed by atoms with Crippen LogP contribution in [0.15, 0.2) is 66.9 Å². The molecule has 2 aromatic heterocycles. The average Bonchev–Trinajstić information content (AvgIpc) is 3.37. The lowest BCUT2D eigenvalue weighted by Gasteiger charge is -2.34. The molecule has 0 spiro atoms. The Balaban J connectivity index is 1.38. The second-order valence-electron chi connectivity index (χ2n) is 9.73. The Labute approximate surface area is 222 Å². The predicted molar refractivity (Wildman–Crippen MR) is 153 cm³/mol. The van der Waals surface area contributed by atoms with E-state index in [-0.39, 0.29) is 5.91 Å². The van der Waals surface area contributed by atoms with Crippen molar-refractivity contribution in [3.8, 4) is 11.3 Å². The zero-order valence-electron chi connectivity index (χ0n) is 22.0. The maximum atomic E-state index is 12.4. The number of hydrogen-bond acceptors (Lipinski definition) is 8. The molecule has 3 N–H and O–H groups in total. The van der Waals surface area contributed by atoms with Gasteiger partial charge < -0.3 is 25.3 Å². The Morgan fingerprint density at radius 1 is 1.05 bits per heavy atom. The third-order valence-electron chi connectivity index (χ3n) is 6.42. The number of likely N-dealkylation sites (N-methyl/N-ethyl adjacent to an activating group) is 2. The first-order valence-corrected chi connectivity index (χ1v) is 12.7. The topological polar surface area (TPSA) is 105 Å². The highest BCUT2D eigenvalue weighted by Gasteiger charge is 2.16. The first-order chi connectivity index (χ1) is 18.4. The molecule has 0 atom stereocenters. The molecule has 0 saturated carbocycles. The van der Waals surface area contributed by atoms with Crippen LogP contribution in [0.5, 0.6) is 0 Å². The number of carbonyl (C=O) groups excluding carboxylic acids is 1. The molecule has 1 aliphatic rings. The lowest BCUT2D eigenvalue weighted by atomic mass is 10.1. The van der Waals surface area contributed by atoms with E-state index < -0.39 is 0 Å². The van der Waals surface area contributed by atoms with Gasteiger partial charge in [0, 0.05) is 61.4 Å². The molecule has 1 aliphatic heterocycles. The summed E-state index contributed by atoms with van der Waals surface area (Å²) in [6.07, 6.45) is 5.09. The van der Waals surface area contributed by atoms with Gasteiger partial charge in [0.15, 0.2) is 5.65 Å². The van der Waals surface area contributed by atoms with E-state index in [1.807, 2.05) is 61.5 Å². The molecule has 1 amide bonds. The first kappa shape index (κ1) is 25.4. The molecular formula is C28H33N9O. The number of amides is 1. The van der Waals surface area contributed by atoms with E-state index in [0.29, 0.717) is 23.8 Å². The van der Waals surface area contributed by atoms with Crippen LogP contribution in [0.1, 0.15) is 0 Å². The summed E-state index contributed by atoms with van der Waals surface area (Å²) in [6.45, 7) is 4.79. The third-order valence-corrected chi connectivity index (χ3v) is 6.42. The van der Waals surface area contributed by atoms with Crippen LogP contribution in [-0.4, -0.2) is 89.7 Å². The van der Waals surface area contributed by atoms with Gasteiger partial charge in [0.05, 0.1) is 17.3 Å². The van der Waals surface area contributed by atoms with Crippen molar-refractivity contribution in [1.82, 2.24) is 30.0 Å². The SMILES string of the molecule is CN(C)C/C=C/C(=O)Nc1cccc(-c2nc(Nc3cccc(N4CCN(C)CC4)c3)nc3[nH]ncc23)c1. The highest BCUT2D eigenvalue weighted by molar-refractivity contribution is 6.00. The van der Waals surface area contributed by atoms with Gasteiger partial charge >= 0.3 is 0 Å². The number of benzene rings is 2. The van der Waals surface area contributed by atoms with Crippen LogP contribution in [0.3, 0.4) is 0 Å². The summed E-state index contributed by atoms with van der Waals surface area (Å²) >= 11 is 0. The van der Waals surface area contributed by atoms with Crippen molar-refractivity contribution in [3.63, 3.8) is 0 Å². The fourth-order valence-corrected chi connectivity index (χ4v) is 4.38. The fraction of sp³-hybridized carbons (Fsp3) is 0.286. The zero-order chi connectivity index (χ0) is 26.5.